The van der Waals surface area contributed by atoms with Crippen LogP contribution < -0.4 is 0 Å². The molecule has 0 bridgehead atoms. The highest BCUT2D eigenvalue weighted by atomic mass is 32.2. The van der Waals surface area contributed by atoms with Crippen LogP contribution in [0.25, 0.3) is 4.72 Å². The summed E-state index contributed by atoms with van der Waals surface area (Å²) in [6.07, 6.45) is 0. The minimum atomic E-state index is -5.70. The smallest absolute Gasteiger partial charge is 0.480 e. The Kier molecular flexibility index (Phi) is 3.28. The van der Waals surface area contributed by atoms with Crippen molar-refractivity contribution in [3.63, 3.8) is 0 Å². The first-order chi connectivity index (χ1) is 5.58. The molecule has 1 N–H and O–H groups in total. The number of halogens is 3. The molecule has 0 unspecified atom stereocenters. The van der Waals surface area contributed by atoms with E-state index in [0.29, 0.717) is 0 Å². The van der Waals surface area contributed by atoms with Gasteiger partial charge in [-0.05, 0) is 6.04 Å². The van der Waals surface area contributed by atoms with Gasteiger partial charge in [0.2, 0.25) is 0 Å². The van der Waals surface area contributed by atoms with E-state index in [1.165, 1.54) is 0 Å². The zero-order valence-electron chi connectivity index (χ0n) is 6.24. The maximum atomic E-state index is 11.6. The van der Waals surface area contributed by atoms with Crippen molar-refractivity contribution in [3.05, 3.63) is 4.72 Å². The van der Waals surface area contributed by atoms with E-state index in [9.17, 15) is 26.4 Å². The van der Waals surface area contributed by atoms with Crippen molar-refractivity contribution in [1.82, 2.24) is 0 Å². The topological polar surface area (TPSA) is 85.5 Å². The van der Waals surface area contributed by atoms with Gasteiger partial charge in [0.15, 0.2) is 10.0 Å². The van der Waals surface area contributed by atoms with E-state index in [1.54, 1.807) is 0 Å². The van der Waals surface area contributed by atoms with Crippen LogP contribution in [0, 0.1) is 0 Å². The predicted octanol–water partition coefficient (Wildman–Crippen LogP) is 0.683. The van der Waals surface area contributed by atoms with Crippen molar-refractivity contribution in [2.24, 2.45) is 0 Å². The number of aliphatic carboxylic acids is 1. The second-order valence-electron chi connectivity index (χ2n) is 2.04. The molecule has 0 spiro atoms. The van der Waals surface area contributed by atoms with E-state index in [0.717, 1.165) is 6.92 Å². The number of nitrogens with zero attached hydrogens (tertiary/aromatic N) is 1. The summed E-state index contributed by atoms with van der Waals surface area (Å²) in [6.45, 7) is 0.728. The van der Waals surface area contributed by atoms with E-state index in [-0.39, 0.29) is 0 Å². The Morgan fingerprint density at radius 1 is 1.46 bits per heavy atom. The SMILES string of the molecule is C[C@H]([N-]S(=O)(=O)C(F)(F)F)C(=O)O. The van der Waals surface area contributed by atoms with Crippen molar-refractivity contribution < 1.29 is 31.5 Å². The summed E-state index contributed by atoms with van der Waals surface area (Å²) in [5.41, 5.74) is -5.54. The van der Waals surface area contributed by atoms with Gasteiger partial charge >= 0.3 is 5.51 Å². The molecule has 0 radical (unpaired) electrons. The van der Waals surface area contributed by atoms with Crippen LogP contribution in [-0.2, 0) is 14.8 Å². The average Bonchev–Trinajstić information content (AvgIpc) is 1.83. The van der Waals surface area contributed by atoms with Gasteiger partial charge < -0.3 is 9.83 Å². The number of alkyl halides is 3. The third-order valence-corrected chi connectivity index (χ3v) is 2.13. The van der Waals surface area contributed by atoms with Crippen LogP contribution in [0.1, 0.15) is 6.92 Å². The lowest BCUT2D eigenvalue weighted by atomic mass is 10.4. The van der Waals surface area contributed by atoms with Crippen LogP contribution in [0.5, 0.6) is 0 Å². The van der Waals surface area contributed by atoms with Gasteiger partial charge in [-0.2, -0.15) is 13.2 Å². The first-order valence-corrected chi connectivity index (χ1v) is 4.28. The van der Waals surface area contributed by atoms with Crippen molar-refractivity contribution in [1.29, 1.82) is 0 Å². The van der Waals surface area contributed by atoms with Crippen molar-refractivity contribution in [2.75, 3.05) is 0 Å². The van der Waals surface area contributed by atoms with Crippen molar-refractivity contribution in [3.8, 4) is 0 Å². The van der Waals surface area contributed by atoms with Crippen molar-refractivity contribution in [2.45, 2.75) is 18.5 Å². The molecule has 0 aliphatic carbocycles. The van der Waals surface area contributed by atoms with E-state index in [1.807, 2.05) is 0 Å². The summed E-state index contributed by atoms with van der Waals surface area (Å²) in [7, 11) is -5.70. The lowest BCUT2D eigenvalue weighted by Gasteiger charge is -2.25. The Hall–Kier alpha value is -0.830. The first-order valence-electron chi connectivity index (χ1n) is 2.84. The molecule has 0 heterocycles. The molecule has 13 heavy (non-hydrogen) atoms. The van der Waals surface area contributed by atoms with Crippen LogP contribution in [-0.4, -0.2) is 31.0 Å². The molecule has 0 aliphatic rings. The van der Waals surface area contributed by atoms with Crippen LogP contribution in [0.4, 0.5) is 13.2 Å². The molecule has 0 saturated carbocycles. The maximum absolute atomic E-state index is 11.6. The minimum Gasteiger partial charge on any atom is -0.529 e. The average molecular weight is 220 g/mol. The fraction of sp³-hybridized carbons (Fsp3) is 0.750. The summed E-state index contributed by atoms with van der Waals surface area (Å²) in [6, 6.07) is -1.94. The zero-order chi connectivity index (χ0) is 10.9. The highest BCUT2D eigenvalue weighted by Gasteiger charge is 2.39. The van der Waals surface area contributed by atoms with E-state index in [4.69, 9.17) is 5.11 Å². The first kappa shape index (κ1) is 12.2. The minimum absolute atomic E-state index is 0.728. The number of sulfonamides is 1. The summed E-state index contributed by atoms with van der Waals surface area (Å²) in [5.74, 6) is -1.74. The third kappa shape index (κ3) is 3.19. The maximum Gasteiger partial charge on any atom is 0.480 e. The van der Waals surface area contributed by atoms with E-state index >= 15 is 0 Å². The Morgan fingerprint density at radius 2 is 1.85 bits per heavy atom. The van der Waals surface area contributed by atoms with Gasteiger partial charge in [-0.3, -0.25) is 4.79 Å². The number of rotatable bonds is 3. The third-order valence-electron chi connectivity index (χ3n) is 0.947. The van der Waals surface area contributed by atoms with Gasteiger partial charge in [-0.15, -0.1) is 0 Å². The molecule has 0 aliphatic heterocycles. The molecular weight excluding hydrogens is 215 g/mol. The van der Waals surface area contributed by atoms with E-state index in [2.05, 4.69) is 4.72 Å². The number of hydrogen-bond donors (Lipinski definition) is 1. The Morgan fingerprint density at radius 3 is 2.08 bits per heavy atom. The molecule has 0 rings (SSSR count). The van der Waals surface area contributed by atoms with Gasteiger partial charge in [0, 0.05) is 0 Å². The Bertz CT molecular complexity index is 295. The monoisotopic (exact) mass is 220 g/mol. The standard InChI is InChI=1S/C4H5F3NO4S/c1-2(3(9)10)8-13(11,12)4(5,6)7/h2H,1H3,(H,9,10)/q-1/t2-/m0/s1. The van der Waals surface area contributed by atoms with Crippen LogP contribution in [0.15, 0.2) is 0 Å². The van der Waals surface area contributed by atoms with Gasteiger partial charge in [0.1, 0.15) is 0 Å². The van der Waals surface area contributed by atoms with Gasteiger partial charge in [0.05, 0.1) is 0 Å². The Labute approximate surface area is 71.6 Å². The van der Waals surface area contributed by atoms with Gasteiger partial charge in [-0.25, -0.2) is 8.42 Å². The number of carboxylic acids is 1. The normalized spacial score (nSPS) is 15.4. The van der Waals surface area contributed by atoms with Crippen LogP contribution in [0.3, 0.4) is 0 Å². The second kappa shape index (κ2) is 3.50. The number of carbonyl (C=O) groups is 1. The molecule has 1 atom stereocenters. The number of hydrogen-bond acceptors (Lipinski definition) is 3. The number of carboxylic acid groups (broad SMARTS) is 1. The molecule has 9 heteroatoms. The molecule has 5 nitrogen and oxygen atoms in total. The second-order valence-corrected chi connectivity index (χ2v) is 3.66. The molecule has 0 fully saturated rings. The lowest BCUT2D eigenvalue weighted by Crippen LogP contribution is -2.27. The molecular formula is C4H5F3NO4S-. The Balaban J connectivity index is 4.64. The zero-order valence-corrected chi connectivity index (χ0v) is 7.06. The van der Waals surface area contributed by atoms with Crippen LogP contribution >= 0.6 is 0 Å². The summed E-state index contributed by atoms with van der Waals surface area (Å²) in [5, 5.41) is 8.09. The fourth-order valence-electron chi connectivity index (χ4n) is 0.313. The lowest BCUT2D eigenvalue weighted by molar-refractivity contribution is -0.137. The summed E-state index contributed by atoms with van der Waals surface area (Å²) >= 11 is 0. The quantitative estimate of drug-likeness (QED) is 0.757. The molecule has 78 valence electrons. The fourth-order valence-corrected chi connectivity index (χ4v) is 0.939. The van der Waals surface area contributed by atoms with Crippen LogP contribution in [0.2, 0.25) is 0 Å². The van der Waals surface area contributed by atoms with Gasteiger partial charge in [0.25, 0.3) is 5.97 Å². The summed E-state index contributed by atoms with van der Waals surface area (Å²) in [4.78, 5) is 9.98. The molecule has 0 aromatic heterocycles. The molecule has 0 amide bonds. The van der Waals surface area contributed by atoms with Gasteiger partial charge in [-0.1, -0.05) is 6.92 Å². The van der Waals surface area contributed by atoms with E-state index < -0.39 is 27.5 Å². The highest BCUT2D eigenvalue weighted by Crippen LogP contribution is 2.29. The summed E-state index contributed by atoms with van der Waals surface area (Å²) < 4.78 is 57.3. The largest absolute Gasteiger partial charge is 0.529 e. The predicted molar refractivity (Wildman–Crippen MR) is 35.4 cm³/mol. The highest BCUT2D eigenvalue weighted by molar-refractivity contribution is 7.94. The molecule has 0 aromatic carbocycles. The molecule has 0 aromatic rings. The molecule has 0 saturated heterocycles. The van der Waals surface area contributed by atoms with Crippen molar-refractivity contribution >= 4 is 16.0 Å².